The molecule has 0 saturated carbocycles. The third-order valence-electron chi connectivity index (χ3n) is 14.3. The fourth-order valence-corrected chi connectivity index (χ4v) is 10.5. The largest absolute Gasteiger partial charge is 0.256 e. The number of nitrogens with zero attached hydrogens (tertiary/aromatic N) is 2. The molecule has 0 atom stereocenters. The summed E-state index contributed by atoms with van der Waals surface area (Å²) in [6, 6.07) is 64.5. The highest BCUT2D eigenvalue weighted by Gasteiger charge is 2.20. The van der Waals surface area contributed by atoms with E-state index in [1.807, 2.05) is 12.4 Å². The number of pyridine rings is 2. The molecule has 2 nitrogen and oxygen atoms in total. The van der Waals surface area contributed by atoms with Crippen LogP contribution in [0.4, 0.5) is 0 Å². The average Bonchev–Trinajstić information content (AvgIpc) is 3.34. The molecule has 0 N–H and O–H groups in total. The fourth-order valence-electron chi connectivity index (χ4n) is 10.5. The van der Waals surface area contributed by atoms with E-state index in [1.54, 1.807) is 0 Å². The van der Waals surface area contributed by atoms with E-state index in [2.05, 4.69) is 231 Å². The second-order valence-corrected chi connectivity index (χ2v) is 21.0. The van der Waals surface area contributed by atoms with E-state index >= 15 is 0 Å². The van der Waals surface area contributed by atoms with Crippen molar-refractivity contribution in [2.75, 3.05) is 0 Å². The normalized spacial score (nSPS) is 12.1. The number of fused-ring (bicyclic) bond motifs is 6. The summed E-state index contributed by atoms with van der Waals surface area (Å²) >= 11 is 0. The van der Waals surface area contributed by atoms with Crippen molar-refractivity contribution in [3.8, 4) is 67.0 Å². The Morgan fingerprint density at radius 2 is 0.739 bits per heavy atom. The van der Waals surface area contributed by atoms with E-state index < -0.39 is 0 Å². The summed E-state index contributed by atoms with van der Waals surface area (Å²) in [4.78, 5) is 9.92. The van der Waals surface area contributed by atoms with Crippen molar-refractivity contribution in [1.29, 1.82) is 0 Å². The lowest BCUT2D eigenvalue weighted by molar-refractivity contribution is 0.591. The maximum atomic E-state index is 6.84. The van der Waals surface area contributed by atoms with Crippen molar-refractivity contribution < 1.29 is 0 Å². The van der Waals surface area contributed by atoms with E-state index in [0.29, 0.717) is 0 Å². The van der Waals surface area contributed by atoms with Gasteiger partial charge in [0, 0.05) is 34.3 Å². The summed E-state index contributed by atoms with van der Waals surface area (Å²) in [6.45, 7) is 18.0. The number of aromatic nitrogens is 2. The van der Waals surface area contributed by atoms with Gasteiger partial charge in [0.1, 0.15) is 7.85 Å². The number of hydrogen-bond donors (Lipinski definition) is 0. The van der Waals surface area contributed by atoms with Crippen LogP contribution in [0, 0.1) is 13.8 Å². The third-order valence-corrected chi connectivity index (χ3v) is 14.3. The second kappa shape index (κ2) is 16.9. The molecule has 11 rings (SSSR count). The second-order valence-electron chi connectivity index (χ2n) is 21.0. The quantitative estimate of drug-likeness (QED) is 0.123. The molecule has 69 heavy (non-hydrogen) atoms. The minimum absolute atomic E-state index is 0.0891. The van der Waals surface area contributed by atoms with Crippen molar-refractivity contribution in [2.45, 2.75) is 66.2 Å². The fraction of sp³-hybridized carbons (Fsp3) is 0.152. The van der Waals surface area contributed by atoms with Gasteiger partial charge < -0.3 is 0 Å². The van der Waals surface area contributed by atoms with E-state index in [0.717, 1.165) is 72.1 Å². The summed E-state index contributed by atoms with van der Waals surface area (Å²) in [6.07, 6.45) is 3.90. The monoisotopic (exact) mass is 886 g/mol. The Hall–Kier alpha value is -7.62. The molecule has 332 valence electrons. The summed E-state index contributed by atoms with van der Waals surface area (Å²) in [5, 5.41) is 9.77. The molecule has 0 spiro atoms. The van der Waals surface area contributed by atoms with E-state index in [4.69, 9.17) is 17.8 Å². The maximum Gasteiger partial charge on any atom is 0.113 e. The Balaban J connectivity index is 0.930. The van der Waals surface area contributed by atoms with Crippen LogP contribution >= 0.6 is 0 Å². The van der Waals surface area contributed by atoms with Gasteiger partial charge in [0.15, 0.2) is 0 Å². The molecule has 2 aromatic heterocycles. The van der Waals surface area contributed by atoms with E-state index in [1.165, 1.54) is 65.7 Å². The van der Waals surface area contributed by atoms with Crippen LogP contribution < -0.4 is 5.46 Å². The first-order valence-electron chi connectivity index (χ1n) is 24.2. The molecular weight excluding hydrogens is 832 g/mol. The molecule has 0 saturated heterocycles. The molecule has 2 radical (unpaired) electrons. The Morgan fingerprint density at radius 1 is 0.333 bits per heavy atom. The molecule has 2 heterocycles. The highest BCUT2D eigenvalue weighted by molar-refractivity contribution is 6.33. The number of benzene rings is 9. The molecule has 0 aliphatic heterocycles. The van der Waals surface area contributed by atoms with Crippen molar-refractivity contribution >= 4 is 56.4 Å². The van der Waals surface area contributed by atoms with E-state index in [9.17, 15) is 0 Å². The maximum absolute atomic E-state index is 6.84. The molecule has 0 aliphatic rings. The molecule has 11 aromatic rings. The van der Waals surface area contributed by atoms with Crippen LogP contribution in [0.25, 0.3) is 110 Å². The Bertz CT molecular complexity index is 3600. The van der Waals surface area contributed by atoms with Crippen LogP contribution in [0.15, 0.2) is 188 Å². The highest BCUT2D eigenvalue weighted by atomic mass is 14.7. The standard InChI is InChI=1S/C66H55BN2/c1-40-33-44(63-61-25-17-42-36-48(65(3,4)5)21-27-55(42)59(61)29-31-68-63)19-23-51(40)57-15-11-9-13-53(57)46-35-47(39-50(67)38-46)54-14-10-12-16-58(54)52-24-20-45(34-41(52)2)64-62-26-18-43-37-49(66(6,7)8)22-28-56(43)60(62)30-32-69-64/h9-39H,1-8H3. The van der Waals surface area contributed by atoms with Gasteiger partial charge in [-0.1, -0.05) is 193 Å². The third kappa shape index (κ3) is 8.00. The number of rotatable bonds is 6. The van der Waals surface area contributed by atoms with Crippen LogP contribution in [-0.4, -0.2) is 17.8 Å². The van der Waals surface area contributed by atoms with Crippen LogP contribution in [0.5, 0.6) is 0 Å². The zero-order valence-corrected chi connectivity index (χ0v) is 40.9. The lowest BCUT2D eigenvalue weighted by Gasteiger charge is -2.20. The van der Waals surface area contributed by atoms with Gasteiger partial charge in [-0.25, -0.2) is 0 Å². The summed E-state index contributed by atoms with van der Waals surface area (Å²) in [7, 11) is 6.84. The lowest BCUT2D eigenvalue weighted by Crippen LogP contribution is -2.10. The van der Waals surface area contributed by atoms with Crippen molar-refractivity contribution in [3.63, 3.8) is 0 Å². The van der Waals surface area contributed by atoms with Gasteiger partial charge in [-0.15, -0.1) is 0 Å². The lowest BCUT2D eigenvalue weighted by atomic mass is 9.83. The predicted octanol–water partition coefficient (Wildman–Crippen LogP) is 17.1. The number of aryl methyl sites for hydroxylation is 2. The van der Waals surface area contributed by atoms with Gasteiger partial charge in [0.05, 0.1) is 11.4 Å². The van der Waals surface area contributed by atoms with Gasteiger partial charge in [-0.05, 0) is 154 Å². The zero-order chi connectivity index (χ0) is 47.8. The minimum atomic E-state index is 0.0891. The number of hydrogen-bond acceptors (Lipinski definition) is 2. The first-order chi connectivity index (χ1) is 33.2. The van der Waals surface area contributed by atoms with Crippen LogP contribution in [-0.2, 0) is 10.8 Å². The Morgan fingerprint density at radius 3 is 1.14 bits per heavy atom. The summed E-state index contributed by atoms with van der Waals surface area (Å²) < 4.78 is 0. The van der Waals surface area contributed by atoms with Gasteiger partial charge in [-0.3, -0.25) is 9.97 Å². The zero-order valence-electron chi connectivity index (χ0n) is 40.9. The topological polar surface area (TPSA) is 25.8 Å². The van der Waals surface area contributed by atoms with Gasteiger partial charge in [-0.2, -0.15) is 0 Å². The molecule has 3 heteroatoms. The summed E-state index contributed by atoms with van der Waals surface area (Å²) in [5.41, 5.74) is 19.2. The van der Waals surface area contributed by atoms with Gasteiger partial charge in [0.25, 0.3) is 0 Å². The van der Waals surface area contributed by atoms with Gasteiger partial charge >= 0.3 is 0 Å². The first-order valence-corrected chi connectivity index (χ1v) is 24.2. The first kappa shape index (κ1) is 43.9. The van der Waals surface area contributed by atoms with Crippen molar-refractivity contribution in [2.24, 2.45) is 0 Å². The van der Waals surface area contributed by atoms with Crippen LogP contribution in [0.1, 0.15) is 63.8 Å². The van der Waals surface area contributed by atoms with Crippen LogP contribution in [0.3, 0.4) is 0 Å². The predicted molar refractivity (Wildman–Crippen MR) is 297 cm³/mol. The van der Waals surface area contributed by atoms with Crippen molar-refractivity contribution in [1.82, 2.24) is 9.97 Å². The smallest absolute Gasteiger partial charge is 0.113 e. The van der Waals surface area contributed by atoms with E-state index in [-0.39, 0.29) is 10.8 Å². The molecule has 0 amide bonds. The molecule has 0 aliphatic carbocycles. The minimum Gasteiger partial charge on any atom is -0.256 e. The Labute approximate surface area is 408 Å². The summed E-state index contributed by atoms with van der Waals surface area (Å²) in [5.74, 6) is 0. The molecular formula is C66H55BN2. The van der Waals surface area contributed by atoms with Crippen LogP contribution in [0.2, 0.25) is 0 Å². The SMILES string of the molecule is [B]c1cc(-c2ccccc2-c2ccc(-c3nccc4c3ccc3cc(C(C)(C)C)ccc34)cc2C)cc(-c2ccccc2-c2ccc(-c3nccc4c3ccc3cc(C(C)(C)C)ccc34)cc2C)c1. The highest BCUT2D eigenvalue weighted by Crippen LogP contribution is 2.42. The van der Waals surface area contributed by atoms with Crippen molar-refractivity contribution in [3.05, 3.63) is 211 Å². The molecule has 0 unspecified atom stereocenters. The molecule has 0 fully saturated rings. The Kier molecular flexibility index (Phi) is 10.7. The molecule has 9 aromatic carbocycles. The van der Waals surface area contributed by atoms with Gasteiger partial charge in [0.2, 0.25) is 0 Å². The average molecular weight is 887 g/mol. The molecule has 0 bridgehead atoms.